The number of anilines is 1. The number of pyridine rings is 1. The summed E-state index contributed by atoms with van der Waals surface area (Å²) in [5.74, 6) is -0.510. The van der Waals surface area contributed by atoms with Gasteiger partial charge in [-0.3, -0.25) is 0 Å². The highest BCUT2D eigenvalue weighted by atomic mass is 35.5. The maximum absolute atomic E-state index is 10.9. The van der Waals surface area contributed by atoms with E-state index in [0.29, 0.717) is 11.9 Å². The van der Waals surface area contributed by atoms with Crippen LogP contribution in [0.2, 0.25) is 5.15 Å². The van der Waals surface area contributed by atoms with Gasteiger partial charge in [0.15, 0.2) is 0 Å². The van der Waals surface area contributed by atoms with Gasteiger partial charge in [-0.05, 0) is 46.0 Å². The van der Waals surface area contributed by atoms with Crippen molar-refractivity contribution in [2.45, 2.75) is 26.3 Å². The van der Waals surface area contributed by atoms with E-state index in [1.165, 1.54) is 12.1 Å². The molecule has 5 nitrogen and oxygen atoms in total. The summed E-state index contributed by atoms with van der Waals surface area (Å²) in [5.41, 5.74) is 0.141. The van der Waals surface area contributed by atoms with Crippen molar-refractivity contribution in [2.24, 2.45) is 0 Å². The summed E-state index contributed by atoms with van der Waals surface area (Å²) < 4.78 is 0. The maximum Gasteiger partial charge on any atom is 0.335 e. The predicted molar refractivity (Wildman–Crippen MR) is 77.1 cm³/mol. The first-order valence-corrected chi connectivity index (χ1v) is 6.63. The molecule has 0 atom stereocenters. The fourth-order valence-electron chi connectivity index (χ4n) is 1.51. The highest BCUT2D eigenvalue weighted by molar-refractivity contribution is 6.29. The van der Waals surface area contributed by atoms with Crippen molar-refractivity contribution in [1.82, 2.24) is 9.88 Å². The standard InChI is InChI=1S/C13H20ClN3O2/c1-9(2)17(3)6-4-5-15-12-8-10(13(18)19)7-11(14)16-12/h7-9H,4-6H2,1-3H3,(H,15,16)(H,18,19). The Bertz CT molecular complexity index is 438. The molecule has 6 heteroatoms. The van der Waals surface area contributed by atoms with Crippen molar-refractivity contribution >= 4 is 23.4 Å². The number of halogens is 1. The van der Waals surface area contributed by atoms with Gasteiger partial charge in [0.2, 0.25) is 0 Å². The quantitative estimate of drug-likeness (QED) is 0.595. The number of aromatic carboxylic acids is 1. The molecular formula is C13H20ClN3O2. The summed E-state index contributed by atoms with van der Waals surface area (Å²) in [5, 5.41) is 12.2. The molecular weight excluding hydrogens is 266 g/mol. The number of nitrogens with one attached hydrogen (secondary N) is 1. The van der Waals surface area contributed by atoms with E-state index in [1.807, 2.05) is 0 Å². The summed E-state index contributed by atoms with van der Waals surface area (Å²) in [6, 6.07) is 3.34. The van der Waals surface area contributed by atoms with E-state index in [1.54, 1.807) is 0 Å². The summed E-state index contributed by atoms with van der Waals surface area (Å²) in [6.07, 6.45) is 0.950. The topological polar surface area (TPSA) is 65.5 Å². The summed E-state index contributed by atoms with van der Waals surface area (Å²) in [4.78, 5) is 17.2. The van der Waals surface area contributed by atoms with Crippen LogP contribution in [-0.4, -0.2) is 47.1 Å². The Morgan fingerprint density at radius 1 is 1.53 bits per heavy atom. The number of carboxylic acids is 1. The predicted octanol–water partition coefficient (Wildman–Crippen LogP) is 2.58. The lowest BCUT2D eigenvalue weighted by atomic mass is 10.2. The molecule has 1 heterocycles. The lowest BCUT2D eigenvalue weighted by Crippen LogP contribution is -2.28. The Labute approximate surface area is 118 Å². The zero-order valence-corrected chi connectivity index (χ0v) is 12.2. The van der Waals surface area contributed by atoms with E-state index >= 15 is 0 Å². The molecule has 0 amide bonds. The number of carbonyl (C=O) groups is 1. The Morgan fingerprint density at radius 2 is 2.21 bits per heavy atom. The summed E-state index contributed by atoms with van der Waals surface area (Å²) in [6.45, 7) is 5.98. The second kappa shape index (κ2) is 7.31. The van der Waals surface area contributed by atoms with Crippen LogP contribution in [0, 0.1) is 0 Å². The highest BCUT2D eigenvalue weighted by Crippen LogP contribution is 2.14. The van der Waals surface area contributed by atoms with Crippen LogP contribution in [0.25, 0.3) is 0 Å². The van der Waals surface area contributed by atoms with Crippen LogP contribution >= 0.6 is 11.6 Å². The van der Waals surface area contributed by atoms with Gasteiger partial charge >= 0.3 is 5.97 Å². The van der Waals surface area contributed by atoms with Crippen LogP contribution in [0.4, 0.5) is 5.82 Å². The van der Waals surface area contributed by atoms with Crippen molar-refractivity contribution < 1.29 is 9.90 Å². The molecule has 0 unspecified atom stereocenters. The molecule has 0 spiro atoms. The van der Waals surface area contributed by atoms with Crippen LogP contribution in [0.1, 0.15) is 30.6 Å². The largest absolute Gasteiger partial charge is 0.478 e. The van der Waals surface area contributed by atoms with Crippen LogP contribution in [0.3, 0.4) is 0 Å². The second-order valence-corrected chi connectivity index (χ2v) is 5.11. The minimum Gasteiger partial charge on any atom is -0.478 e. The molecule has 0 saturated carbocycles. The van der Waals surface area contributed by atoms with Gasteiger partial charge in [-0.25, -0.2) is 9.78 Å². The third kappa shape index (κ3) is 5.44. The second-order valence-electron chi connectivity index (χ2n) is 4.72. The van der Waals surface area contributed by atoms with Gasteiger partial charge < -0.3 is 15.3 Å². The Kier molecular flexibility index (Phi) is 6.05. The van der Waals surface area contributed by atoms with Gasteiger partial charge in [0, 0.05) is 12.6 Å². The van der Waals surface area contributed by atoms with E-state index in [0.717, 1.165) is 19.5 Å². The molecule has 0 fully saturated rings. The smallest absolute Gasteiger partial charge is 0.335 e. The molecule has 0 aliphatic carbocycles. The molecule has 1 aromatic rings. The number of hydrogen-bond donors (Lipinski definition) is 2. The number of hydrogen-bond acceptors (Lipinski definition) is 4. The lowest BCUT2D eigenvalue weighted by Gasteiger charge is -2.20. The molecule has 0 radical (unpaired) electrons. The van der Waals surface area contributed by atoms with Crippen LogP contribution in [0.15, 0.2) is 12.1 Å². The number of nitrogens with zero attached hydrogens (tertiary/aromatic N) is 2. The van der Waals surface area contributed by atoms with Gasteiger partial charge in [-0.2, -0.15) is 0 Å². The monoisotopic (exact) mass is 285 g/mol. The van der Waals surface area contributed by atoms with Crippen LogP contribution in [-0.2, 0) is 0 Å². The van der Waals surface area contributed by atoms with Gasteiger partial charge in [-0.1, -0.05) is 11.6 Å². The maximum atomic E-state index is 10.9. The number of aromatic nitrogens is 1. The molecule has 1 rings (SSSR count). The van der Waals surface area contributed by atoms with E-state index in [2.05, 4.69) is 36.1 Å². The first-order chi connectivity index (χ1) is 8.90. The SMILES string of the molecule is CC(C)N(C)CCCNc1cc(C(=O)O)cc(Cl)n1. The van der Waals surface area contributed by atoms with Crippen LogP contribution < -0.4 is 5.32 Å². The van der Waals surface area contributed by atoms with Crippen molar-refractivity contribution in [3.8, 4) is 0 Å². The van der Waals surface area contributed by atoms with Gasteiger partial charge in [0.1, 0.15) is 11.0 Å². The molecule has 0 aliphatic rings. The summed E-state index contributed by atoms with van der Waals surface area (Å²) in [7, 11) is 2.07. The summed E-state index contributed by atoms with van der Waals surface area (Å²) >= 11 is 5.78. The molecule has 0 bridgehead atoms. The van der Waals surface area contributed by atoms with Gasteiger partial charge in [0.25, 0.3) is 0 Å². The third-order valence-electron chi connectivity index (χ3n) is 2.92. The van der Waals surface area contributed by atoms with E-state index < -0.39 is 5.97 Å². The minimum absolute atomic E-state index is 0.141. The van der Waals surface area contributed by atoms with Crippen molar-refractivity contribution in [1.29, 1.82) is 0 Å². The molecule has 106 valence electrons. The normalized spacial score (nSPS) is 11.1. The fourth-order valence-corrected chi connectivity index (χ4v) is 1.72. The van der Waals surface area contributed by atoms with Crippen molar-refractivity contribution in [2.75, 3.05) is 25.5 Å². The fraction of sp³-hybridized carbons (Fsp3) is 0.538. The molecule has 1 aromatic heterocycles. The number of rotatable bonds is 7. The average Bonchev–Trinajstić information content (AvgIpc) is 2.33. The molecule has 19 heavy (non-hydrogen) atoms. The first-order valence-electron chi connectivity index (χ1n) is 6.25. The Hall–Kier alpha value is -1.33. The lowest BCUT2D eigenvalue weighted by molar-refractivity contribution is 0.0697. The van der Waals surface area contributed by atoms with Crippen molar-refractivity contribution in [3.63, 3.8) is 0 Å². The van der Waals surface area contributed by atoms with E-state index in [9.17, 15) is 4.79 Å². The minimum atomic E-state index is -1.01. The zero-order valence-electron chi connectivity index (χ0n) is 11.5. The molecule has 0 aromatic carbocycles. The first kappa shape index (κ1) is 15.7. The van der Waals surface area contributed by atoms with Crippen molar-refractivity contribution in [3.05, 3.63) is 22.8 Å². The van der Waals surface area contributed by atoms with E-state index in [4.69, 9.17) is 16.7 Å². The zero-order chi connectivity index (χ0) is 14.4. The molecule has 2 N–H and O–H groups in total. The third-order valence-corrected chi connectivity index (χ3v) is 3.11. The Balaban J connectivity index is 2.47. The average molecular weight is 286 g/mol. The Morgan fingerprint density at radius 3 is 2.79 bits per heavy atom. The molecule has 0 aliphatic heterocycles. The highest BCUT2D eigenvalue weighted by Gasteiger charge is 2.07. The van der Waals surface area contributed by atoms with E-state index in [-0.39, 0.29) is 10.7 Å². The van der Waals surface area contributed by atoms with Gasteiger partial charge in [-0.15, -0.1) is 0 Å². The van der Waals surface area contributed by atoms with Crippen LogP contribution in [0.5, 0.6) is 0 Å². The number of carboxylic acid groups (broad SMARTS) is 1. The molecule has 0 saturated heterocycles. The van der Waals surface area contributed by atoms with Gasteiger partial charge in [0.05, 0.1) is 5.56 Å².